The quantitative estimate of drug-likeness (QED) is 0.844. The molecule has 1 aliphatic carbocycles. The van der Waals surface area contributed by atoms with Crippen molar-refractivity contribution < 1.29 is 9.90 Å². The van der Waals surface area contributed by atoms with Gasteiger partial charge in [-0.1, -0.05) is 35.7 Å². The molecule has 92 valence electrons. The second-order valence-electron chi connectivity index (χ2n) is 5.32. The van der Waals surface area contributed by atoms with E-state index in [1.54, 1.807) is 0 Å². The van der Waals surface area contributed by atoms with Crippen LogP contribution in [0.15, 0.2) is 18.2 Å². The van der Waals surface area contributed by atoms with E-state index in [0.717, 1.165) is 25.7 Å². The summed E-state index contributed by atoms with van der Waals surface area (Å²) >= 11 is 0. The van der Waals surface area contributed by atoms with Gasteiger partial charge in [-0.15, -0.1) is 0 Å². The monoisotopic (exact) mass is 232 g/mol. The van der Waals surface area contributed by atoms with Gasteiger partial charge in [0.05, 0.1) is 5.92 Å². The first-order valence-corrected chi connectivity index (χ1v) is 6.37. The second-order valence-corrected chi connectivity index (χ2v) is 5.32. The summed E-state index contributed by atoms with van der Waals surface area (Å²) in [7, 11) is 0. The smallest absolute Gasteiger partial charge is 0.306 e. The van der Waals surface area contributed by atoms with E-state index < -0.39 is 5.97 Å². The molecule has 2 rings (SSSR count). The number of hydrogen-bond donors (Lipinski definition) is 1. The van der Waals surface area contributed by atoms with Crippen molar-refractivity contribution in [2.75, 3.05) is 0 Å². The van der Waals surface area contributed by atoms with Crippen molar-refractivity contribution in [3.05, 3.63) is 34.9 Å². The molecule has 17 heavy (non-hydrogen) atoms. The van der Waals surface area contributed by atoms with E-state index >= 15 is 0 Å². The molecule has 0 heterocycles. The maximum atomic E-state index is 11.1. The van der Waals surface area contributed by atoms with E-state index in [-0.39, 0.29) is 5.92 Å². The van der Waals surface area contributed by atoms with Gasteiger partial charge in [0.15, 0.2) is 0 Å². The SMILES string of the molecule is Cc1cc(C)cc(C2CCCC(C(=O)O)C2)c1. The Morgan fingerprint density at radius 2 is 1.82 bits per heavy atom. The average Bonchev–Trinajstić information content (AvgIpc) is 2.28. The highest BCUT2D eigenvalue weighted by molar-refractivity contribution is 5.70. The normalized spacial score (nSPS) is 24.6. The Balaban J connectivity index is 2.18. The van der Waals surface area contributed by atoms with Gasteiger partial charge in [-0.25, -0.2) is 0 Å². The molecule has 0 amide bonds. The van der Waals surface area contributed by atoms with Crippen LogP contribution in [0.25, 0.3) is 0 Å². The molecule has 1 fully saturated rings. The Labute approximate surface area is 103 Å². The van der Waals surface area contributed by atoms with Gasteiger partial charge in [0.2, 0.25) is 0 Å². The molecular weight excluding hydrogens is 212 g/mol. The summed E-state index contributed by atoms with van der Waals surface area (Å²) in [4.78, 5) is 11.1. The average molecular weight is 232 g/mol. The fraction of sp³-hybridized carbons (Fsp3) is 0.533. The molecule has 1 aliphatic rings. The van der Waals surface area contributed by atoms with Crippen LogP contribution >= 0.6 is 0 Å². The summed E-state index contributed by atoms with van der Waals surface area (Å²) < 4.78 is 0. The molecule has 0 radical (unpaired) electrons. The number of aliphatic carboxylic acids is 1. The highest BCUT2D eigenvalue weighted by Gasteiger charge is 2.27. The lowest BCUT2D eigenvalue weighted by atomic mass is 9.77. The van der Waals surface area contributed by atoms with Crippen LogP contribution in [0.4, 0.5) is 0 Å². The zero-order chi connectivity index (χ0) is 12.4. The van der Waals surface area contributed by atoms with Gasteiger partial charge in [0, 0.05) is 0 Å². The van der Waals surface area contributed by atoms with Crippen LogP contribution in [0.1, 0.15) is 48.3 Å². The van der Waals surface area contributed by atoms with Crippen LogP contribution in [0.3, 0.4) is 0 Å². The van der Waals surface area contributed by atoms with Crippen LogP contribution in [0, 0.1) is 19.8 Å². The van der Waals surface area contributed by atoms with Gasteiger partial charge in [0.1, 0.15) is 0 Å². The molecule has 2 atom stereocenters. The third-order valence-corrected chi connectivity index (χ3v) is 3.74. The van der Waals surface area contributed by atoms with E-state index in [0.29, 0.717) is 5.92 Å². The molecule has 0 aliphatic heterocycles. The first-order valence-electron chi connectivity index (χ1n) is 6.37. The number of carbonyl (C=O) groups is 1. The van der Waals surface area contributed by atoms with Gasteiger partial charge in [0.25, 0.3) is 0 Å². The predicted molar refractivity (Wildman–Crippen MR) is 68.3 cm³/mol. The minimum atomic E-state index is -0.626. The third kappa shape index (κ3) is 2.87. The molecule has 1 aromatic carbocycles. The first kappa shape index (κ1) is 12.2. The van der Waals surface area contributed by atoms with Gasteiger partial charge in [-0.2, -0.15) is 0 Å². The zero-order valence-corrected chi connectivity index (χ0v) is 10.6. The van der Waals surface area contributed by atoms with Crippen molar-refractivity contribution >= 4 is 5.97 Å². The maximum Gasteiger partial charge on any atom is 0.306 e. The summed E-state index contributed by atoms with van der Waals surface area (Å²) in [5.74, 6) is -0.336. The topological polar surface area (TPSA) is 37.3 Å². The molecule has 1 N–H and O–H groups in total. The number of benzene rings is 1. The Kier molecular flexibility index (Phi) is 3.51. The molecule has 1 aromatic rings. The number of aryl methyl sites for hydroxylation is 2. The Morgan fingerprint density at radius 3 is 2.41 bits per heavy atom. The van der Waals surface area contributed by atoms with E-state index in [2.05, 4.69) is 32.0 Å². The largest absolute Gasteiger partial charge is 0.481 e. The summed E-state index contributed by atoms with van der Waals surface area (Å²) in [6, 6.07) is 6.59. The van der Waals surface area contributed by atoms with Crippen molar-refractivity contribution in [3.63, 3.8) is 0 Å². The maximum absolute atomic E-state index is 11.1. The molecule has 2 nitrogen and oxygen atoms in total. The van der Waals surface area contributed by atoms with E-state index in [1.807, 2.05) is 0 Å². The fourth-order valence-corrected chi connectivity index (χ4v) is 2.96. The Hall–Kier alpha value is -1.31. The number of carboxylic acid groups (broad SMARTS) is 1. The van der Waals surface area contributed by atoms with E-state index in [1.165, 1.54) is 16.7 Å². The van der Waals surface area contributed by atoms with Crippen molar-refractivity contribution in [2.24, 2.45) is 5.92 Å². The summed E-state index contributed by atoms with van der Waals surface area (Å²) in [5, 5.41) is 9.11. The number of carboxylic acids is 1. The van der Waals surface area contributed by atoms with Crippen molar-refractivity contribution in [2.45, 2.75) is 45.4 Å². The number of hydrogen-bond acceptors (Lipinski definition) is 1. The second kappa shape index (κ2) is 4.91. The van der Waals surface area contributed by atoms with Crippen LogP contribution in [0.5, 0.6) is 0 Å². The molecule has 2 heteroatoms. The minimum Gasteiger partial charge on any atom is -0.481 e. The Morgan fingerprint density at radius 1 is 1.18 bits per heavy atom. The molecule has 0 aromatic heterocycles. The predicted octanol–water partition coefficient (Wildman–Crippen LogP) is 3.66. The van der Waals surface area contributed by atoms with Gasteiger partial charge in [-0.05, 0) is 44.6 Å². The molecule has 0 saturated heterocycles. The van der Waals surface area contributed by atoms with Crippen LogP contribution < -0.4 is 0 Å². The van der Waals surface area contributed by atoms with Gasteiger partial charge >= 0.3 is 5.97 Å². The van der Waals surface area contributed by atoms with Gasteiger partial charge < -0.3 is 5.11 Å². The van der Waals surface area contributed by atoms with Crippen LogP contribution in [0.2, 0.25) is 0 Å². The molecule has 0 spiro atoms. The number of rotatable bonds is 2. The molecule has 2 unspecified atom stereocenters. The lowest BCUT2D eigenvalue weighted by Gasteiger charge is -2.27. The zero-order valence-electron chi connectivity index (χ0n) is 10.6. The van der Waals surface area contributed by atoms with Crippen LogP contribution in [-0.4, -0.2) is 11.1 Å². The van der Waals surface area contributed by atoms with Crippen molar-refractivity contribution in [1.29, 1.82) is 0 Å². The minimum absolute atomic E-state index is 0.144. The summed E-state index contributed by atoms with van der Waals surface area (Å²) in [5.41, 5.74) is 3.88. The van der Waals surface area contributed by atoms with E-state index in [9.17, 15) is 4.79 Å². The molecule has 0 bridgehead atoms. The fourth-order valence-electron chi connectivity index (χ4n) is 2.96. The lowest BCUT2D eigenvalue weighted by Crippen LogP contribution is -2.21. The highest BCUT2D eigenvalue weighted by Crippen LogP contribution is 2.36. The highest BCUT2D eigenvalue weighted by atomic mass is 16.4. The first-order chi connectivity index (χ1) is 8.06. The van der Waals surface area contributed by atoms with E-state index in [4.69, 9.17) is 5.11 Å². The molecule has 1 saturated carbocycles. The third-order valence-electron chi connectivity index (χ3n) is 3.74. The standard InChI is InChI=1S/C15H20O2/c1-10-6-11(2)8-14(7-10)12-4-3-5-13(9-12)15(16)17/h6-8,12-13H,3-5,9H2,1-2H3,(H,16,17). The summed E-state index contributed by atoms with van der Waals surface area (Å²) in [6.45, 7) is 4.21. The lowest BCUT2D eigenvalue weighted by molar-refractivity contribution is -0.142. The summed E-state index contributed by atoms with van der Waals surface area (Å²) in [6.07, 6.45) is 3.82. The van der Waals surface area contributed by atoms with Crippen LogP contribution in [-0.2, 0) is 4.79 Å². The van der Waals surface area contributed by atoms with Gasteiger partial charge in [-0.3, -0.25) is 4.79 Å². The Bertz CT molecular complexity index is 403. The van der Waals surface area contributed by atoms with Crippen molar-refractivity contribution in [1.82, 2.24) is 0 Å². The van der Waals surface area contributed by atoms with Crippen molar-refractivity contribution in [3.8, 4) is 0 Å². The molecular formula is C15H20O2.